The van der Waals surface area contributed by atoms with E-state index < -0.39 is 12.1 Å². The van der Waals surface area contributed by atoms with Crippen LogP contribution in [-0.2, 0) is 19.1 Å². The van der Waals surface area contributed by atoms with E-state index in [4.69, 9.17) is 9.47 Å². The van der Waals surface area contributed by atoms with E-state index in [-0.39, 0.29) is 18.0 Å². The number of ketones is 1. The van der Waals surface area contributed by atoms with Crippen molar-refractivity contribution in [3.8, 4) is 0 Å². The minimum atomic E-state index is -0.566. The van der Waals surface area contributed by atoms with Crippen molar-refractivity contribution in [1.29, 1.82) is 0 Å². The van der Waals surface area contributed by atoms with Crippen LogP contribution in [0.5, 0.6) is 0 Å². The lowest BCUT2D eigenvalue weighted by atomic mass is 10.0. The Morgan fingerprint density at radius 2 is 2.12 bits per heavy atom. The van der Waals surface area contributed by atoms with E-state index in [0.717, 1.165) is 12.8 Å². The van der Waals surface area contributed by atoms with Crippen molar-refractivity contribution < 1.29 is 19.1 Å². The van der Waals surface area contributed by atoms with Gasteiger partial charge in [0, 0.05) is 0 Å². The summed E-state index contributed by atoms with van der Waals surface area (Å²) in [5.41, 5.74) is 0.0861. The molecule has 1 aliphatic rings. The van der Waals surface area contributed by atoms with Crippen molar-refractivity contribution in [2.75, 3.05) is 6.61 Å². The largest absolute Gasteiger partial charge is 0.486 e. The molecular weight excluding hydrogens is 208 g/mol. The standard InChI is InChI=1S/C12H18O4/c1-4-6-7-9-11(13)10(8(3)16-9)12(14)15-5-2/h9H,4-7H2,1-3H3. The molecule has 4 heteroatoms. The van der Waals surface area contributed by atoms with Gasteiger partial charge in [-0.3, -0.25) is 4.79 Å². The molecule has 1 heterocycles. The molecule has 1 unspecified atom stereocenters. The second-order valence-corrected chi connectivity index (χ2v) is 3.76. The van der Waals surface area contributed by atoms with Crippen LogP contribution in [0.4, 0.5) is 0 Å². The average Bonchev–Trinajstić information content (AvgIpc) is 2.51. The molecule has 0 saturated heterocycles. The Morgan fingerprint density at radius 3 is 2.69 bits per heavy atom. The molecule has 1 atom stereocenters. The fourth-order valence-corrected chi connectivity index (χ4v) is 1.69. The van der Waals surface area contributed by atoms with Crippen LogP contribution in [-0.4, -0.2) is 24.5 Å². The van der Waals surface area contributed by atoms with Gasteiger partial charge in [-0.1, -0.05) is 13.3 Å². The first kappa shape index (κ1) is 12.7. The van der Waals surface area contributed by atoms with E-state index in [0.29, 0.717) is 12.2 Å². The monoisotopic (exact) mass is 226 g/mol. The van der Waals surface area contributed by atoms with Gasteiger partial charge in [-0.05, 0) is 26.7 Å². The fraction of sp³-hybridized carbons (Fsp3) is 0.667. The maximum Gasteiger partial charge on any atom is 0.345 e. The van der Waals surface area contributed by atoms with Gasteiger partial charge in [-0.15, -0.1) is 0 Å². The normalized spacial score (nSPS) is 19.9. The topological polar surface area (TPSA) is 52.6 Å². The molecule has 90 valence electrons. The van der Waals surface area contributed by atoms with Crippen LogP contribution in [0.25, 0.3) is 0 Å². The Morgan fingerprint density at radius 1 is 1.44 bits per heavy atom. The number of Topliss-reactive ketones (excluding diaryl/α,β-unsaturated/α-hetero) is 1. The predicted octanol–water partition coefficient (Wildman–Crippen LogP) is 1.98. The van der Waals surface area contributed by atoms with Crippen molar-refractivity contribution in [2.45, 2.75) is 46.1 Å². The van der Waals surface area contributed by atoms with Crippen LogP contribution >= 0.6 is 0 Å². The third kappa shape index (κ3) is 2.62. The van der Waals surface area contributed by atoms with Crippen molar-refractivity contribution in [3.05, 3.63) is 11.3 Å². The SMILES string of the molecule is CCCCC1OC(C)=C(C(=O)OCC)C1=O. The molecule has 0 saturated carbocycles. The molecule has 0 aliphatic carbocycles. The molecule has 1 rings (SSSR count). The number of hydrogen-bond donors (Lipinski definition) is 0. The van der Waals surface area contributed by atoms with E-state index in [9.17, 15) is 9.59 Å². The minimum absolute atomic E-state index is 0.0861. The van der Waals surface area contributed by atoms with Crippen molar-refractivity contribution in [2.24, 2.45) is 0 Å². The molecule has 0 aromatic heterocycles. The van der Waals surface area contributed by atoms with Gasteiger partial charge >= 0.3 is 5.97 Å². The van der Waals surface area contributed by atoms with E-state index in [1.54, 1.807) is 13.8 Å². The van der Waals surface area contributed by atoms with Crippen molar-refractivity contribution in [3.63, 3.8) is 0 Å². The molecular formula is C12H18O4. The van der Waals surface area contributed by atoms with Crippen molar-refractivity contribution >= 4 is 11.8 Å². The van der Waals surface area contributed by atoms with Crippen LogP contribution in [0.2, 0.25) is 0 Å². The van der Waals surface area contributed by atoms with Gasteiger partial charge in [-0.2, -0.15) is 0 Å². The summed E-state index contributed by atoms with van der Waals surface area (Å²) in [5.74, 6) is -0.405. The van der Waals surface area contributed by atoms with Crippen LogP contribution in [0.15, 0.2) is 11.3 Å². The molecule has 0 radical (unpaired) electrons. The zero-order chi connectivity index (χ0) is 12.1. The van der Waals surface area contributed by atoms with Crippen LogP contribution in [0.1, 0.15) is 40.0 Å². The van der Waals surface area contributed by atoms with Crippen LogP contribution in [0, 0.1) is 0 Å². The van der Waals surface area contributed by atoms with Crippen LogP contribution < -0.4 is 0 Å². The Kier molecular flexibility index (Phi) is 4.52. The number of carbonyl (C=O) groups excluding carboxylic acids is 2. The highest BCUT2D eigenvalue weighted by molar-refractivity contribution is 6.20. The quantitative estimate of drug-likeness (QED) is 0.531. The third-order valence-corrected chi connectivity index (χ3v) is 2.51. The number of carbonyl (C=O) groups is 2. The fourth-order valence-electron chi connectivity index (χ4n) is 1.69. The number of hydrogen-bond acceptors (Lipinski definition) is 4. The summed E-state index contributed by atoms with van der Waals surface area (Å²) in [5, 5.41) is 0. The molecule has 0 spiro atoms. The minimum Gasteiger partial charge on any atom is -0.486 e. The van der Waals surface area contributed by atoms with Gasteiger partial charge in [0.1, 0.15) is 11.3 Å². The van der Waals surface area contributed by atoms with Crippen LogP contribution in [0.3, 0.4) is 0 Å². The van der Waals surface area contributed by atoms with E-state index in [2.05, 4.69) is 0 Å². The molecule has 16 heavy (non-hydrogen) atoms. The van der Waals surface area contributed by atoms with Gasteiger partial charge in [-0.25, -0.2) is 4.79 Å². The maximum atomic E-state index is 11.9. The first-order valence-electron chi connectivity index (χ1n) is 5.70. The average molecular weight is 226 g/mol. The summed E-state index contributed by atoms with van der Waals surface area (Å²) in [6, 6.07) is 0. The molecule has 1 aliphatic heterocycles. The van der Waals surface area contributed by atoms with Gasteiger partial charge < -0.3 is 9.47 Å². The molecule has 0 N–H and O–H groups in total. The summed E-state index contributed by atoms with van der Waals surface area (Å²) < 4.78 is 10.2. The second kappa shape index (κ2) is 5.68. The first-order valence-corrected chi connectivity index (χ1v) is 5.70. The van der Waals surface area contributed by atoms with Gasteiger partial charge in [0.05, 0.1) is 6.61 Å². The Bertz CT molecular complexity index is 317. The van der Waals surface area contributed by atoms with Gasteiger partial charge in [0.15, 0.2) is 6.10 Å². The lowest BCUT2D eigenvalue weighted by Crippen LogP contribution is -2.22. The summed E-state index contributed by atoms with van der Waals surface area (Å²) in [6.07, 6.45) is 2.09. The van der Waals surface area contributed by atoms with Crippen molar-refractivity contribution in [1.82, 2.24) is 0 Å². The predicted molar refractivity (Wildman–Crippen MR) is 58.7 cm³/mol. The molecule has 0 amide bonds. The van der Waals surface area contributed by atoms with E-state index in [1.165, 1.54) is 0 Å². The number of esters is 1. The summed E-state index contributed by atoms with van der Waals surface area (Å²) in [4.78, 5) is 23.4. The lowest BCUT2D eigenvalue weighted by molar-refractivity contribution is -0.140. The summed E-state index contributed by atoms with van der Waals surface area (Å²) in [6.45, 7) is 5.66. The Labute approximate surface area is 95.6 Å². The van der Waals surface area contributed by atoms with Gasteiger partial charge in [0.25, 0.3) is 0 Å². The molecule has 0 bridgehead atoms. The second-order valence-electron chi connectivity index (χ2n) is 3.76. The lowest BCUT2D eigenvalue weighted by Gasteiger charge is -2.08. The first-order chi connectivity index (χ1) is 7.61. The highest BCUT2D eigenvalue weighted by Gasteiger charge is 2.37. The molecule has 4 nitrogen and oxygen atoms in total. The number of unbranched alkanes of at least 4 members (excludes halogenated alkanes) is 1. The Balaban J connectivity index is 2.68. The maximum absolute atomic E-state index is 11.9. The zero-order valence-electron chi connectivity index (χ0n) is 10.0. The molecule has 0 fully saturated rings. The third-order valence-electron chi connectivity index (χ3n) is 2.51. The zero-order valence-corrected chi connectivity index (χ0v) is 10.0. The molecule has 0 aromatic carbocycles. The van der Waals surface area contributed by atoms with E-state index >= 15 is 0 Å². The highest BCUT2D eigenvalue weighted by Crippen LogP contribution is 2.25. The Hall–Kier alpha value is -1.32. The van der Waals surface area contributed by atoms with E-state index in [1.807, 2.05) is 6.92 Å². The number of allylic oxidation sites excluding steroid dienone is 1. The smallest absolute Gasteiger partial charge is 0.345 e. The van der Waals surface area contributed by atoms with Gasteiger partial charge in [0.2, 0.25) is 5.78 Å². The summed E-state index contributed by atoms with van der Waals surface area (Å²) >= 11 is 0. The summed E-state index contributed by atoms with van der Waals surface area (Å²) in [7, 11) is 0. The number of rotatable bonds is 5. The number of ether oxygens (including phenoxy) is 2. The highest BCUT2D eigenvalue weighted by atomic mass is 16.5. The molecule has 0 aromatic rings.